The van der Waals surface area contributed by atoms with E-state index >= 15 is 0 Å². The molecule has 0 saturated carbocycles. The summed E-state index contributed by atoms with van der Waals surface area (Å²) in [5, 5.41) is 16.2. The number of hydrogen-bond acceptors (Lipinski definition) is 4. The summed E-state index contributed by atoms with van der Waals surface area (Å²) in [6.45, 7) is 0.537. The van der Waals surface area contributed by atoms with Crippen molar-refractivity contribution in [2.45, 2.75) is 25.2 Å². The van der Waals surface area contributed by atoms with E-state index in [1.54, 1.807) is 28.9 Å². The molecule has 1 amide bonds. The van der Waals surface area contributed by atoms with Crippen LogP contribution in [0, 0.1) is 11.3 Å². The van der Waals surface area contributed by atoms with Crippen LogP contribution in [0.25, 0.3) is 11.3 Å². The van der Waals surface area contributed by atoms with Gasteiger partial charge in [-0.05, 0) is 42.8 Å². The number of benzene rings is 1. The summed E-state index contributed by atoms with van der Waals surface area (Å²) < 4.78 is 40.4. The maximum atomic E-state index is 12.9. The minimum absolute atomic E-state index is 0.307. The van der Waals surface area contributed by atoms with Gasteiger partial charge in [0.05, 0.1) is 29.1 Å². The van der Waals surface area contributed by atoms with Crippen LogP contribution in [-0.2, 0) is 12.7 Å². The third-order valence-electron chi connectivity index (χ3n) is 4.70. The van der Waals surface area contributed by atoms with E-state index in [1.807, 2.05) is 6.07 Å². The predicted octanol–water partition coefficient (Wildman–Crippen LogP) is 3.71. The number of carbonyl (C=O) groups is 1. The van der Waals surface area contributed by atoms with Crippen LogP contribution in [0.2, 0.25) is 0 Å². The Kier molecular flexibility index (Phi) is 4.54. The molecule has 0 bridgehead atoms. The minimum Gasteiger partial charge on any atom is -0.344 e. The van der Waals surface area contributed by atoms with Crippen molar-refractivity contribution in [3.63, 3.8) is 0 Å². The average molecular weight is 397 g/mol. The van der Waals surface area contributed by atoms with Crippen molar-refractivity contribution >= 4 is 5.91 Å². The van der Waals surface area contributed by atoms with Crippen molar-refractivity contribution in [3.05, 3.63) is 71.2 Å². The highest BCUT2D eigenvalue weighted by Crippen LogP contribution is 2.33. The Bertz CT molecular complexity index is 1130. The Labute approximate surface area is 163 Å². The largest absolute Gasteiger partial charge is 0.433 e. The highest BCUT2D eigenvalue weighted by Gasteiger charge is 2.33. The fraction of sp³-hybridized carbons (Fsp3) is 0.200. The highest BCUT2D eigenvalue weighted by molar-refractivity contribution is 5.94. The molecule has 0 radical (unpaired) electrons. The van der Waals surface area contributed by atoms with Crippen molar-refractivity contribution in [3.8, 4) is 17.3 Å². The van der Waals surface area contributed by atoms with Gasteiger partial charge in [0.2, 0.25) is 0 Å². The Hall–Kier alpha value is -3.67. The molecule has 1 atom stereocenters. The number of alkyl halides is 3. The summed E-state index contributed by atoms with van der Waals surface area (Å²) in [6, 6.07) is 12.1. The molecule has 9 heteroatoms. The Morgan fingerprint density at radius 3 is 2.83 bits per heavy atom. The SMILES string of the molecule is N#Cc1cccc(C(=O)N[C@H]2CCn3nc(-c4ccnc(C(F)(F)F)c4)cc32)c1. The normalized spacial score (nSPS) is 15.6. The van der Waals surface area contributed by atoms with Gasteiger partial charge in [-0.25, -0.2) is 0 Å². The maximum absolute atomic E-state index is 12.9. The minimum atomic E-state index is -4.53. The van der Waals surface area contributed by atoms with E-state index in [-0.39, 0.29) is 11.9 Å². The van der Waals surface area contributed by atoms with E-state index in [9.17, 15) is 18.0 Å². The summed E-state index contributed by atoms with van der Waals surface area (Å²) in [7, 11) is 0. The van der Waals surface area contributed by atoms with Gasteiger partial charge in [0.15, 0.2) is 0 Å². The van der Waals surface area contributed by atoms with Crippen molar-refractivity contribution in [1.82, 2.24) is 20.1 Å². The van der Waals surface area contributed by atoms with Crippen LogP contribution < -0.4 is 5.32 Å². The molecule has 4 rings (SSSR count). The lowest BCUT2D eigenvalue weighted by Gasteiger charge is -2.12. The molecule has 6 nitrogen and oxygen atoms in total. The molecule has 3 aromatic rings. The number of hydrogen-bond donors (Lipinski definition) is 1. The van der Waals surface area contributed by atoms with Gasteiger partial charge in [-0.3, -0.25) is 14.5 Å². The highest BCUT2D eigenvalue weighted by atomic mass is 19.4. The monoisotopic (exact) mass is 397 g/mol. The van der Waals surface area contributed by atoms with Gasteiger partial charge in [-0.15, -0.1) is 0 Å². The van der Waals surface area contributed by atoms with E-state index in [0.717, 1.165) is 18.0 Å². The zero-order valence-electron chi connectivity index (χ0n) is 14.9. The van der Waals surface area contributed by atoms with Crippen LogP contribution in [0.5, 0.6) is 0 Å². The third-order valence-corrected chi connectivity index (χ3v) is 4.70. The molecule has 29 heavy (non-hydrogen) atoms. The maximum Gasteiger partial charge on any atom is 0.433 e. The summed E-state index contributed by atoms with van der Waals surface area (Å²) in [5.74, 6) is -0.327. The number of aryl methyl sites for hydroxylation is 1. The molecule has 0 spiro atoms. The number of halogens is 3. The van der Waals surface area contributed by atoms with Crippen LogP contribution >= 0.6 is 0 Å². The number of nitrogens with zero attached hydrogens (tertiary/aromatic N) is 4. The first-order valence-corrected chi connectivity index (χ1v) is 8.77. The van der Waals surface area contributed by atoms with Gasteiger partial charge in [0.1, 0.15) is 5.69 Å². The predicted molar refractivity (Wildman–Crippen MR) is 96.4 cm³/mol. The fourth-order valence-corrected chi connectivity index (χ4v) is 3.29. The van der Waals surface area contributed by atoms with E-state index < -0.39 is 11.9 Å². The Morgan fingerprint density at radius 2 is 2.07 bits per heavy atom. The first-order chi connectivity index (χ1) is 13.8. The van der Waals surface area contributed by atoms with Gasteiger partial charge >= 0.3 is 6.18 Å². The number of amides is 1. The lowest BCUT2D eigenvalue weighted by atomic mass is 10.1. The number of nitriles is 1. The Balaban J connectivity index is 1.57. The second kappa shape index (κ2) is 7.05. The van der Waals surface area contributed by atoms with Gasteiger partial charge in [0.25, 0.3) is 5.91 Å². The molecule has 3 heterocycles. The molecule has 2 aromatic heterocycles. The quantitative estimate of drug-likeness (QED) is 0.730. The zero-order chi connectivity index (χ0) is 20.6. The summed E-state index contributed by atoms with van der Waals surface area (Å²) >= 11 is 0. The van der Waals surface area contributed by atoms with Crippen LogP contribution in [0.3, 0.4) is 0 Å². The summed E-state index contributed by atoms with van der Waals surface area (Å²) in [6.07, 6.45) is -2.81. The first kappa shape index (κ1) is 18.7. The molecule has 1 aromatic carbocycles. The van der Waals surface area contributed by atoms with Crippen LogP contribution in [0.15, 0.2) is 48.7 Å². The topological polar surface area (TPSA) is 83.6 Å². The number of aromatic nitrogens is 3. The number of fused-ring (bicyclic) bond motifs is 1. The zero-order valence-corrected chi connectivity index (χ0v) is 14.9. The van der Waals surface area contributed by atoms with Gasteiger partial charge in [-0.1, -0.05) is 6.07 Å². The number of rotatable bonds is 3. The van der Waals surface area contributed by atoms with Crippen molar-refractivity contribution in [1.29, 1.82) is 5.26 Å². The standard InChI is InChI=1S/C20H14F3N5O/c21-20(22,23)18-9-13(4-6-25-18)16-10-17-15(5-7-28(17)27-16)26-19(29)14-3-1-2-12(8-14)11-24/h1-4,6,8-10,15H,5,7H2,(H,26,29)/t15-/m0/s1. The smallest absolute Gasteiger partial charge is 0.344 e. The van der Waals surface area contributed by atoms with Crippen LogP contribution in [0.1, 0.15) is 39.8 Å². The molecule has 0 saturated heterocycles. The number of nitrogens with one attached hydrogen (secondary N) is 1. The van der Waals surface area contributed by atoms with E-state index in [0.29, 0.717) is 35.3 Å². The van der Waals surface area contributed by atoms with E-state index in [4.69, 9.17) is 5.26 Å². The van der Waals surface area contributed by atoms with Crippen molar-refractivity contribution in [2.24, 2.45) is 0 Å². The fourth-order valence-electron chi connectivity index (χ4n) is 3.29. The molecule has 1 aliphatic heterocycles. The molecule has 1 N–H and O–H groups in total. The van der Waals surface area contributed by atoms with Gasteiger partial charge < -0.3 is 5.32 Å². The second-order valence-electron chi connectivity index (χ2n) is 6.61. The average Bonchev–Trinajstić information content (AvgIpc) is 3.29. The number of pyridine rings is 1. The molecule has 1 aliphatic rings. The molecule has 0 fully saturated rings. The number of carbonyl (C=O) groups excluding carboxylic acids is 1. The first-order valence-electron chi connectivity index (χ1n) is 8.77. The molecular weight excluding hydrogens is 383 g/mol. The summed E-state index contributed by atoms with van der Waals surface area (Å²) in [5.41, 5.74) is 1.18. The van der Waals surface area contributed by atoms with Crippen molar-refractivity contribution < 1.29 is 18.0 Å². The molecule has 0 aliphatic carbocycles. The molecular formula is C20H14F3N5O. The van der Waals surface area contributed by atoms with E-state index in [1.165, 1.54) is 12.1 Å². The molecule has 0 unspecified atom stereocenters. The lowest BCUT2D eigenvalue weighted by Crippen LogP contribution is -2.27. The Morgan fingerprint density at radius 1 is 1.24 bits per heavy atom. The van der Waals surface area contributed by atoms with Crippen molar-refractivity contribution in [2.75, 3.05) is 0 Å². The summed E-state index contributed by atoms with van der Waals surface area (Å²) in [4.78, 5) is 15.9. The molecule has 146 valence electrons. The van der Waals surface area contributed by atoms with Gasteiger partial charge in [0, 0.05) is 23.9 Å². The van der Waals surface area contributed by atoms with Gasteiger partial charge in [-0.2, -0.15) is 23.5 Å². The van der Waals surface area contributed by atoms with Crippen LogP contribution in [0.4, 0.5) is 13.2 Å². The lowest BCUT2D eigenvalue weighted by molar-refractivity contribution is -0.141. The second-order valence-corrected chi connectivity index (χ2v) is 6.61. The third kappa shape index (κ3) is 3.69. The van der Waals surface area contributed by atoms with Crippen LogP contribution in [-0.4, -0.2) is 20.7 Å². The van der Waals surface area contributed by atoms with E-state index in [2.05, 4.69) is 15.4 Å².